The van der Waals surface area contributed by atoms with Gasteiger partial charge >= 0.3 is 0 Å². The number of anilines is 2. The van der Waals surface area contributed by atoms with Crippen molar-refractivity contribution in [2.24, 2.45) is 0 Å². The zero-order valence-corrected chi connectivity index (χ0v) is 17.7. The molecule has 0 saturated carbocycles. The molecule has 4 rings (SSSR count). The van der Waals surface area contributed by atoms with Gasteiger partial charge in [-0.3, -0.25) is 19.9 Å². The van der Waals surface area contributed by atoms with Crippen LogP contribution in [0.4, 0.5) is 11.6 Å². The molecule has 4 aromatic rings. The third kappa shape index (κ3) is 4.67. The van der Waals surface area contributed by atoms with Gasteiger partial charge < -0.3 is 9.73 Å². The lowest BCUT2D eigenvalue weighted by Crippen LogP contribution is -2.16. The number of amides is 2. The van der Waals surface area contributed by atoms with Gasteiger partial charge in [0.1, 0.15) is 23.0 Å². The summed E-state index contributed by atoms with van der Waals surface area (Å²) >= 11 is 0. The van der Waals surface area contributed by atoms with E-state index in [1.54, 1.807) is 69.4 Å². The zero-order chi connectivity index (χ0) is 22.7. The van der Waals surface area contributed by atoms with Crippen LogP contribution < -0.4 is 10.6 Å². The molecule has 0 spiro atoms. The van der Waals surface area contributed by atoms with Gasteiger partial charge in [-0.25, -0.2) is 4.98 Å². The Balaban J connectivity index is 1.46. The summed E-state index contributed by atoms with van der Waals surface area (Å²) in [6, 6.07) is 13.6. The van der Waals surface area contributed by atoms with Crippen LogP contribution >= 0.6 is 0 Å². The number of nitrogens with one attached hydrogen (secondary N) is 2. The van der Waals surface area contributed by atoms with Crippen LogP contribution in [0.15, 0.2) is 59.1 Å². The maximum absolute atomic E-state index is 12.6. The monoisotopic (exact) mass is 428 g/mol. The summed E-state index contributed by atoms with van der Waals surface area (Å²) in [7, 11) is 0. The van der Waals surface area contributed by atoms with Crippen LogP contribution in [0, 0.1) is 20.8 Å². The largest absolute Gasteiger partial charge is 0.466 e. The highest BCUT2D eigenvalue weighted by Gasteiger charge is 2.15. The first-order valence-corrected chi connectivity index (χ1v) is 9.83. The summed E-state index contributed by atoms with van der Waals surface area (Å²) in [6.07, 6.45) is 1.64. The van der Waals surface area contributed by atoms with Crippen molar-refractivity contribution in [1.82, 2.24) is 19.9 Å². The number of nitrogens with zero attached hydrogens (tertiary/aromatic N) is 4. The van der Waals surface area contributed by atoms with Crippen LogP contribution in [0.5, 0.6) is 0 Å². The van der Waals surface area contributed by atoms with Crippen LogP contribution in [0.2, 0.25) is 0 Å². The molecule has 32 heavy (non-hydrogen) atoms. The van der Waals surface area contributed by atoms with Gasteiger partial charge in [0.15, 0.2) is 5.82 Å². The van der Waals surface area contributed by atoms with E-state index in [0.29, 0.717) is 45.7 Å². The van der Waals surface area contributed by atoms with Crippen molar-refractivity contribution in [2.45, 2.75) is 20.8 Å². The normalized spacial score (nSPS) is 10.6. The fourth-order valence-electron chi connectivity index (χ4n) is 3.08. The molecule has 0 aliphatic carbocycles. The van der Waals surface area contributed by atoms with E-state index in [1.165, 1.54) is 0 Å². The average molecular weight is 428 g/mol. The number of benzene rings is 1. The quantitative estimate of drug-likeness (QED) is 0.493. The van der Waals surface area contributed by atoms with Crippen LogP contribution in [0.1, 0.15) is 38.1 Å². The number of carbonyl (C=O) groups is 2. The number of aryl methyl sites for hydroxylation is 3. The predicted molar refractivity (Wildman–Crippen MR) is 118 cm³/mol. The van der Waals surface area contributed by atoms with Crippen molar-refractivity contribution in [1.29, 1.82) is 0 Å². The molecule has 0 unspecified atom stereocenters. The second kappa shape index (κ2) is 8.76. The third-order valence-electron chi connectivity index (χ3n) is 4.56. The Morgan fingerprint density at radius 3 is 2.31 bits per heavy atom. The molecule has 9 heteroatoms. The smallest absolute Gasteiger partial charge is 0.259 e. The summed E-state index contributed by atoms with van der Waals surface area (Å²) in [6.45, 7) is 5.23. The van der Waals surface area contributed by atoms with Gasteiger partial charge in [0.2, 0.25) is 5.95 Å². The fraction of sp³-hybridized carbons (Fsp3) is 0.130. The predicted octanol–water partition coefficient (Wildman–Crippen LogP) is 3.96. The van der Waals surface area contributed by atoms with E-state index in [9.17, 15) is 9.59 Å². The van der Waals surface area contributed by atoms with E-state index in [2.05, 4.69) is 30.6 Å². The highest BCUT2D eigenvalue weighted by atomic mass is 16.3. The van der Waals surface area contributed by atoms with Crippen LogP contribution in [0.25, 0.3) is 11.5 Å². The summed E-state index contributed by atoms with van der Waals surface area (Å²) in [5.41, 5.74) is 1.99. The first-order chi connectivity index (χ1) is 15.4. The molecule has 0 fully saturated rings. The Hall–Kier alpha value is -4.40. The van der Waals surface area contributed by atoms with E-state index in [1.807, 2.05) is 6.07 Å². The van der Waals surface area contributed by atoms with Gasteiger partial charge in [-0.1, -0.05) is 6.07 Å². The molecule has 2 N–H and O–H groups in total. The van der Waals surface area contributed by atoms with E-state index in [4.69, 9.17) is 4.42 Å². The average Bonchev–Trinajstić information content (AvgIpc) is 3.12. The van der Waals surface area contributed by atoms with E-state index < -0.39 is 0 Å². The summed E-state index contributed by atoms with van der Waals surface area (Å²) < 4.78 is 5.39. The minimum absolute atomic E-state index is 0.131. The Bertz CT molecular complexity index is 1280. The van der Waals surface area contributed by atoms with Gasteiger partial charge in [-0.15, -0.1) is 0 Å². The lowest BCUT2D eigenvalue weighted by Gasteiger charge is -2.08. The van der Waals surface area contributed by atoms with Crippen molar-refractivity contribution in [3.8, 4) is 11.5 Å². The molecule has 0 saturated heterocycles. The zero-order valence-electron chi connectivity index (χ0n) is 17.7. The Labute approximate surface area is 184 Å². The highest BCUT2D eigenvalue weighted by molar-refractivity contribution is 6.06. The summed E-state index contributed by atoms with van der Waals surface area (Å²) in [5, 5.41) is 5.47. The maximum atomic E-state index is 12.6. The van der Waals surface area contributed by atoms with E-state index in [-0.39, 0.29) is 17.8 Å². The lowest BCUT2D eigenvalue weighted by atomic mass is 10.2. The van der Waals surface area contributed by atoms with Crippen molar-refractivity contribution in [3.05, 3.63) is 83.2 Å². The number of rotatable bonds is 5. The highest BCUT2D eigenvalue weighted by Crippen LogP contribution is 2.18. The molecular weight excluding hydrogens is 408 g/mol. The van der Waals surface area contributed by atoms with Crippen molar-refractivity contribution in [2.75, 3.05) is 10.6 Å². The third-order valence-corrected chi connectivity index (χ3v) is 4.56. The fourth-order valence-corrected chi connectivity index (χ4v) is 3.08. The van der Waals surface area contributed by atoms with Gasteiger partial charge in [0.05, 0.1) is 5.56 Å². The molecule has 3 aromatic heterocycles. The second-order valence-electron chi connectivity index (χ2n) is 7.06. The molecule has 0 aliphatic rings. The molecule has 0 aliphatic heterocycles. The Morgan fingerprint density at radius 2 is 1.66 bits per heavy atom. The molecule has 160 valence electrons. The first kappa shape index (κ1) is 20.9. The standard InChI is InChI=1S/C23H20N6O3/c1-13-12-18(14(2)32-13)22(31)27-17-9-7-16(8-10-17)21(30)29-23-26-15(3)25-20(28-23)19-6-4-5-11-24-19/h4-12H,1-3H3,(H,27,31)(H,25,26,28,29,30). The molecule has 1 aromatic carbocycles. The molecule has 9 nitrogen and oxygen atoms in total. The molecule has 0 atom stereocenters. The minimum Gasteiger partial charge on any atom is -0.466 e. The van der Waals surface area contributed by atoms with Gasteiger partial charge in [-0.05, 0) is 63.2 Å². The number of aromatic nitrogens is 4. The van der Waals surface area contributed by atoms with Crippen LogP contribution in [0.3, 0.4) is 0 Å². The van der Waals surface area contributed by atoms with Crippen LogP contribution in [-0.4, -0.2) is 31.8 Å². The number of carbonyl (C=O) groups excluding carboxylic acids is 2. The van der Waals surface area contributed by atoms with Crippen molar-refractivity contribution < 1.29 is 14.0 Å². The Kier molecular flexibility index (Phi) is 5.71. The number of pyridine rings is 1. The molecular formula is C23H20N6O3. The molecule has 0 bridgehead atoms. The van der Waals surface area contributed by atoms with Gasteiger partial charge in [0, 0.05) is 17.4 Å². The second-order valence-corrected chi connectivity index (χ2v) is 7.06. The Morgan fingerprint density at radius 1 is 0.875 bits per heavy atom. The number of hydrogen-bond donors (Lipinski definition) is 2. The van der Waals surface area contributed by atoms with Crippen molar-refractivity contribution >= 4 is 23.5 Å². The van der Waals surface area contributed by atoms with Gasteiger partial charge in [0.25, 0.3) is 11.8 Å². The lowest BCUT2D eigenvalue weighted by molar-refractivity contribution is 0.101. The number of hydrogen-bond acceptors (Lipinski definition) is 7. The maximum Gasteiger partial charge on any atom is 0.259 e. The molecule has 3 heterocycles. The first-order valence-electron chi connectivity index (χ1n) is 9.83. The van der Waals surface area contributed by atoms with Gasteiger partial charge in [-0.2, -0.15) is 9.97 Å². The molecule has 0 radical (unpaired) electrons. The van der Waals surface area contributed by atoms with E-state index >= 15 is 0 Å². The number of furan rings is 1. The van der Waals surface area contributed by atoms with Crippen molar-refractivity contribution in [3.63, 3.8) is 0 Å². The summed E-state index contributed by atoms with van der Waals surface area (Å²) in [5.74, 6) is 1.51. The topological polar surface area (TPSA) is 123 Å². The minimum atomic E-state index is -0.387. The van der Waals surface area contributed by atoms with E-state index in [0.717, 1.165) is 0 Å². The molecule has 2 amide bonds. The van der Waals surface area contributed by atoms with Crippen LogP contribution in [-0.2, 0) is 0 Å². The summed E-state index contributed by atoms with van der Waals surface area (Å²) in [4.78, 5) is 42.0. The SMILES string of the molecule is Cc1nc(NC(=O)c2ccc(NC(=O)c3cc(C)oc3C)cc2)nc(-c2ccccn2)n1.